The number of aliphatic imine (C=N–C) groups is 1. The predicted molar refractivity (Wildman–Crippen MR) is 122 cm³/mol. The highest BCUT2D eigenvalue weighted by Gasteiger charge is 2.22. The molecule has 1 saturated carbocycles. The van der Waals surface area contributed by atoms with Crippen LogP contribution in [0.4, 0.5) is 0 Å². The fourth-order valence-corrected chi connectivity index (χ4v) is 3.49. The zero-order valence-electron chi connectivity index (χ0n) is 16.4. The van der Waals surface area contributed by atoms with E-state index in [1.165, 1.54) is 19.3 Å². The SMILES string of the molecule is CC1CCCCC1NC(=NCC(O)c1ccncc1)NCCc1ccco1.I. The van der Waals surface area contributed by atoms with Gasteiger partial charge in [0.1, 0.15) is 5.76 Å². The molecule has 0 radical (unpaired) electrons. The van der Waals surface area contributed by atoms with Crippen molar-refractivity contribution in [1.82, 2.24) is 15.6 Å². The Morgan fingerprint density at radius 2 is 2.07 bits per heavy atom. The molecule has 154 valence electrons. The number of furan rings is 1. The van der Waals surface area contributed by atoms with Gasteiger partial charge in [-0.3, -0.25) is 9.98 Å². The highest BCUT2D eigenvalue weighted by molar-refractivity contribution is 14.0. The van der Waals surface area contributed by atoms with Crippen LogP contribution in [0.1, 0.15) is 50.0 Å². The number of halogens is 1. The van der Waals surface area contributed by atoms with Crippen LogP contribution in [0.15, 0.2) is 52.3 Å². The van der Waals surface area contributed by atoms with Gasteiger partial charge in [0.25, 0.3) is 0 Å². The maximum atomic E-state index is 10.4. The molecule has 0 aromatic carbocycles. The van der Waals surface area contributed by atoms with Crippen molar-refractivity contribution in [2.45, 2.75) is 51.2 Å². The number of pyridine rings is 1. The first-order valence-corrected chi connectivity index (χ1v) is 9.87. The minimum Gasteiger partial charge on any atom is -0.469 e. The van der Waals surface area contributed by atoms with Crippen molar-refractivity contribution in [3.8, 4) is 0 Å². The number of nitrogens with one attached hydrogen (secondary N) is 2. The Morgan fingerprint density at radius 1 is 1.29 bits per heavy atom. The van der Waals surface area contributed by atoms with Crippen LogP contribution in [0.2, 0.25) is 0 Å². The van der Waals surface area contributed by atoms with Gasteiger partial charge in [-0.2, -0.15) is 0 Å². The van der Waals surface area contributed by atoms with Crippen LogP contribution in [-0.4, -0.2) is 35.2 Å². The molecule has 0 saturated heterocycles. The normalized spacial score (nSPS) is 20.9. The molecular formula is C21H31IN4O2. The minimum atomic E-state index is -0.638. The molecule has 0 aliphatic heterocycles. The van der Waals surface area contributed by atoms with Crippen LogP contribution in [-0.2, 0) is 6.42 Å². The van der Waals surface area contributed by atoms with Crippen molar-refractivity contribution < 1.29 is 9.52 Å². The van der Waals surface area contributed by atoms with Crippen molar-refractivity contribution in [3.05, 3.63) is 54.2 Å². The Morgan fingerprint density at radius 3 is 2.79 bits per heavy atom. The molecule has 3 atom stereocenters. The Bertz CT molecular complexity index is 694. The lowest BCUT2D eigenvalue weighted by Gasteiger charge is -2.31. The molecule has 6 nitrogen and oxygen atoms in total. The second-order valence-electron chi connectivity index (χ2n) is 7.25. The lowest BCUT2D eigenvalue weighted by Crippen LogP contribution is -2.47. The average Bonchev–Trinajstić information content (AvgIpc) is 3.21. The van der Waals surface area contributed by atoms with E-state index in [9.17, 15) is 5.11 Å². The number of hydrogen-bond donors (Lipinski definition) is 3. The van der Waals surface area contributed by atoms with E-state index >= 15 is 0 Å². The average molecular weight is 498 g/mol. The van der Waals surface area contributed by atoms with Crippen molar-refractivity contribution in [1.29, 1.82) is 0 Å². The van der Waals surface area contributed by atoms with E-state index in [0.717, 1.165) is 36.7 Å². The molecule has 7 heteroatoms. The van der Waals surface area contributed by atoms with Crippen LogP contribution < -0.4 is 10.6 Å². The summed E-state index contributed by atoms with van der Waals surface area (Å²) in [5.74, 6) is 2.33. The molecule has 2 heterocycles. The smallest absolute Gasteiger partial charge is 0.191 e. The largest absolute Gasteiger partial charge is 0.469 e. The molecule has 1 aliphatic rings. The van der Waals surface area contributed by atoms with Crippen LogP contribution in [0.25, 0.3) is 0 Å². The van der Waals surface area contributed by atoms with Gasteiger partial charge in [-0.05, 0) is 48.6 Å². The first-order valence-electron chi connectivity index (χ1n) is 9.87. The third-order valence-corrected chi connectivity index (χ3v) is 5.19. The first-order chi connectivity index (χ1) is 13.2. The van der Waals surface area contributed by atoms with E-state index in [1.807, 2.05) is 24.3 Å². The Hall–Kier alpha value is -1.61. The van der Waals surface area contributed by atoms with Crippen LogP contribution in [0.5, 0.6) is 0 Å². The zero-order valence-corrected chi connectivity index (χ0v) is 18.7. The van der Waals surface area contributed by atoms with Gasteiger partial charge in [-0.25, -0.2) is 0 Å². The van der Waals surface area contributed by atoms with Crippen molar-refractivity contribution >= 4 is 29.9 Å². The predicted octanol–water partition coefficient (Wildman–Crippen LogP) is 3.68. The van der Waals surface area contributed by atoms with Crippen LogP contribution in [0, 0.1) is 5.92 Å². The standard InChI is InChI=1S/C21H30N4O2.HI/c1-16-5-2-3-7-19(16)25-21(23-13-10-18-6-4-14-27-18)24-15-20(26)17-8-11-22-12-9-17;/h4,6,8-9,11-12,14,16,19-20,26H,2-3,5,7,10,13,15H2,1H3,(H2,23,24,25);1H. The van der Waals surface area contributed by atoms with Crippen LogP contribution >= 0.6 is 24.0 Å². The third kappa shape index (κ3) is 7.09. The summed E-state index contributed by atoms with van der Waals surface area (Å²) >= 11 is 0. The molecule has 2 aromatic rings. The molecule has 3 rings (SSSR count). The Kier molecular flexibility index (Phi) is 9.77. The van der Waals surface area contributed by atoms with E-state index in [-0.39, 0.29) is 24.0 Å². The van der Waals surface area contributed by atoms with E-state index in [2.05, 4.69) is 27.5 Å². The fourth-order valence-electron chi connectivity index (χ4n) is 3.49. The molecule has 28 heavy (non-hydrogen) atoms. The third-order valence-electron chi connectivity index (χ3n) is 5.19. The first kappa shape index (κ1) is 22.7. The number of aliphatic hydroxyl groups excluding tert-OH is 1. The lowest BCUT2D eigenvalue weighted by molar-refractivity contribution is 0.187. The molecule has 1 fully saturated rings. The summed E-state index contributed by atoms with van der Waals surface area (Å²) in [6.45, 7) is 3.33. The van der Waals surface area contributed by atoms with Gasteiger partial charge in [-0.15, -0.1) is 24.0 Å². The second kappa shape index (κ2) is 12.1. The van der Waals surface area contributed by atoms with Crippen molar-refractivity contribution in [2.24, 2.45) is 10.9 Å². The molecule has 0 amide bonds. The molecule has 3 unspecified atom stereocenters. The van der Waals surface area contributed by atoms with Gasteiger partial charge in [0, 0.05) is 31.4 Å². The summed E-state index contributed by atoms with van der Waals surface area (Å²) < 4.78 is 5.39. The van der Waals surface area contributed by atoms with E-state index in [0.29, 0.717) is 18.5 Å². The summed E-state index contributed by atoms with van der Waals surface area (Å²) in [6.07, 6.45) is 10.2. The van der Waals surface area contributed by atoms with Crippen LogP contribution in [0.3, 0.4) is 0 Å². The highest BCUT2D eigenvalue weighted by Crippen LogP contribution is 2.23. The summed E-state index contributed by atoms with van der Waals surface area (Å²) in [4.78, 5) is 8.63. The van der Waals surface area contributed by atoms with Gasteiger partial charge >= 0.3 is 0 Å². The zero-order chi connectivity index (χ0) is 18.9. The monoisotopic (exact) mass is 498 g/mol. The summed E-state index contributed by atoms with van der Waals surface area (Å²) in [7, 11) is 0. The van der Waals surface area contributed by atoms with E-state index in [4.69, 9.17) is 4.42 Å². The van der Waals surface area contributed by atoms with Gasteiger partial charge in [-0.1, -0.05) is 19.8 Å². The Balaban J connectivity index is 0.00000280. The number of hydrogen-bond acceptors (Lipinski definition) is 4. The van der Waals surface area contributed by atoms with Crippen molar-refractivity contribution in [3.63, 3.8) is 0 Å². The number of nitrogens with zero attached hydrogens (tertiary/aromatic N) is 2. The maximum absolute atomic E-state index is 10.4. The molecule has 2 aromatic heterocycles. The van der Waals surface area contributed by atoms with E-state index < -0.39 is 6.10 Å². The van der Waals surface area contributed by atoms with Crippen molar-refractivity contribution in [2.75, 3.05) is 13.1 Å². The molecule has 3 N–H and O–H groups in total. The van der Waals surface area contributed by atoms with Gasteiger partial charge in [0.05, 0.1) is 18.9 Å². The minimum absolute atomic E-state index is 0. The summed E-state index contributed by atoms with van der Waals surface area (Å²) in [6, 6.07) is 7.94. The van der Waals surface area contributed by atoms with Gasteiger partial charge in [0.15, 0.2) is 5.96 Å². The summed E-state index contributed by atoms with van der Waals surface area (Å²) in [5, 5.41) is 17.4. The Labute approximate surface area is 184 Å². The topological polar surface area (TPSA) is 82.7 Å². The second-order valence-corrected chi connectivity index (χ2v) is 7.25. The number of guanidine groups is 1. The van der Waals surface area contributed by atoms with Gasteiger partial charge < -0.3 is 20.2 Å². The summed E-state index contributed by atoms with van der Waals surface area (Å²) in [5.41, 5.74) is 0.828. The number of aliphatic hydroxyl groups is 1. The van der Waals surface area contributed by atoms with E-state index in [1.54, 1.807) is 18.7 Å². The fraction of sp³-hybridized carbons (Fsp3) is 0.524. The molecule has 1 aliphatic carbocycles. The lowest BCUT2D eigenvalue weighted by atomic mass is 9.86. The molecular weight excluding hydrogens is 467 g/mol. The number of rotatable bonds is 7. The quantitative estimate of drug-likeness (QED) is 0.308. The number of aromatic nitrogens is 1. The molecule has 0 spiro atoms. The van der Waals surface area contributed by atoms with Gasteiger partial charge in [0.2, 0.25) is 0 Å². The maximum Gasteiger partial charge on any atom is 0.191 e. The molecule has 0 bridgehead atoms. The highest BCUT2D eigenvalue weighted by atomic mass is 127.